The Hall–Kier alpha value is -2.82. The van der Waals surface area contributed by atoms with Gasteiger partial charge in [0.05, 0.1) is 5.28 Å². The average molecular weight is 492 g/mol. The first-order chi connectivity index (χ1) is 17.2. The van der Waals surface area contributed by atoms with Gasteiger partial charge < -0.3 is 5.73 Å². The Morgan fingerprint density at radius 1 is 0.629 bits per heavy atom. The van der Waals surface area contributed by atoms with E-state index in [0.717, 1.165) is 6.42 Å². The van der Waals surface area contributed by atoms with Gasteiger partial charge in [0.1, 0.15) is 0 Å². The molecule has 0 radical (unpaired) electrons. The maximum atomic E-state index is 7.64. The van der Waals surface area contributed by atoms with E-state index in [-0.39, 0.29) is 5.92 Å². The zero-order valence-corrected chi connectivity index (χ0v) is 21.8. The topological polar surface area (TPSA) is 26.0 Å². The van der Waals surface area contributed by atoms with E-state index in [2.05, 4.69) is 146 Å². The first-order valence-electron chi connectivity index (χ1n) is 12.2. The third-order valence-corrected chi connectivity index (χ3v) is 12.4. The molecule has 0 heterocycles. The molecule has 0 saturated heterocycles. The maximum Gasteiger partial charge on any atom is 0.0541 e. The highest BCUT2D eigenvalue weighted by Crippen LogP contribution is 2.59. The molecule has 35 heavy (non-hydrogen) atoms. The Morgan fingerprint density at radius 2 is 1.03 bits per heavy atom. The Morgan fingerprint density at radius 3 is 1.43 bits per heavy atom. The molecular formula is C32H31NP2. The van der Waals surface area contributed by atoms with Gasteiger partial charge in [0.15, 0.2) is 0 Å². The molecule has 1 nitrogen and oxygen atoms in total. The summed E-state index contributed by atoms with van der Waals surface area (Å²) < 4.78 is 0. The van der Waals surface area contributed by atoms with Crippen molar-refractivity contribution in [1.82, 2.24) is 0 Å². The van der Waals surface area contributed by atoms with Crippen molar-refractivity contribution in [2.75, 3.05) is 0 Å². The third-order valence-electron chi connectivity index (χ3n) is 6.73. The van der Waals surface area contributed by atoms with Crippen molar-refractivity contribution in [3.05, 3.63) is 145 Å². The number of hydrogen-bond donors (Lipinski definition) is 1. The maximum absolute atomic E-state index is 7.64. The van der Waals surface area contributed by atoms with Crippen LogP contribution in [0.4, 0.5) is 0 Å². The second-order valence-electron chi connectivity index (χ2n) is 8.81. The van der Waals surface area contributed by atoms with E-state index in [1.54, 1.807) is 0 Å². The Kier molecular flexibility index (Phi) is 7.40. The number of rotatable bonds is 8. The molecule has 1 aliphatic rings. The van der Waals surface area contributed by atoms with E-state index in [1.807, 2.05) is 0 Å². The van der Waals surface area contributed by atoms with Crippen molar-refractivity contribution in [2.45, 2.75) is 18.6 Å². The minimum absolute atomic E-state index is 0.158. The molecule has 0 spiro atoms. The average Bonchev–Trinajstić information content (AvgIpc) is 3.41. The van der Waals surface area contributed by atoms with Crippen LogP contribution < -0.4 is 27.0 Å². The van der Waals surface area contributed by atoms with Crippen LogP contribution in [0.5, 0.6) is 0 Å². The van der Waals surface area contributed by atoms with E-state index < -0.39 is 21.1 Å². The largest absolute Gasteiger partial charge is 0.320 e. The summed E-state index contributed by atoms with van der Waals surface area (Å²) in [5.41, 5.74) is 7.64. The monoisotopic (exact) mass is 491 g/mol. The van der Waals surface area contributed by atoms with Crippen LogP contribution in [0.3, 0.4) is 0 Å². The van der Waals surface area contributed by atoms with Crippen LogP contribution in [-0.4, -0.2) is 5.28 Å². The van der Waals surface area contributed by atoms with Crippen molar-refractivity contribution in [3.8, 4) is 0 Å². The molecular weight excluding hydrogens is 460 g/mol. The van der Waals surface area contributed by atoms with E-state index in [1.165, 1.54) is 26.5 Å². The normalized spacial score (nSPS) is 16.9. The lowest BCUT2D eigenvalue weighted by atomic mass is 9.99. The predicted molar refractivity (Wildman–Crippen MR) is 156 cm³/mol. The van der Waals surface area contributed by atoms with Crippen molar-refractivity contribution >= 4 is 37.1 Å². The molecule has 4 aromatic carbocycles. The summed E-state index contributed by atoms with van der Waals surface area (Å²) in [6, 6.07) is 43.7. The van der Waals surface area contributed by atoms with Crippen LogP contribution >= 0.6 is 15.8 Å². The van der Waals surface area contributed by atoms with E-state index in [9.17, 15) is 0 Å². The van der Waals surface area contributed by atoms with Crippen molar-refractivity contribution in [1.29, 1.82) is 0 Å². The van der Waals surface area contributed by atoms with Gasteiger partial charge in [0, 0.05) is 5.92 Å². The molecule has 0 amide bonds. The molecule has 0 aliphatic heterocycles. The summed E-state index contributed by atoms with van der Waals surface area (Å²) in [5.74, 6) is 0.158. The van der Waals surface area contributed by atoms with Crippen LogP contribution in [-0.2, 0) is 0 Å². The number of benzene rings is 4. The van der Waals surface area contributed by atoms with Crippen LogP contribution in [0.2, 0.25) is 0 Å². The van der Waals surface area contributed by atoms with Crippen LogP contribution in [0.1, 0.15) is 13.3 Å². The van der Waals surface area contributed by atoms with Gasteiger partial charge in [-0.3, -0.25) is 0 Å². The van der Waals surface area contributed by atoms with Gasteiger partial charge >= 0.3 is 0 Å². The zero-order chi connectivity index (χ0) is 24.1. The highest BCUT2D eigenvalue weighted by molar-refractivity contribution is 7.77. The minimum Gasteiger partial charge on any atom is -0.320 e. The molecule has 5 rings (SSSR count). The van der Waals surface area contributed by atoms with Gasteiger partial charge in [-0.2, -0.15) is 0 Å². The molecule has 2 atom stereocenters. The molecule has 2 N–H and O–H groups in total. The van der Waals surface area contributed by atoms with Gasteiger partial charge in [0.2, 0.25) is 0 Å². The molecule has 0 saturated carbocycles. The second-order valence-corrected chi connectivity index (χ2v) is 13.6. The first-order valence-corrected chi connectivity index (χ1v) is 14.9. The highest BCUT2D eigenvalue weighted by Gasteiger charge is 2.45. The minimum atomic E-state index is -0.801. The second kappa shape index (κ2) is 10.8. The van der Waals surface area contributed by atoms with Gasteiger partial charge in [-0.1, -0.05) is 146 Å². The fraction of sp³-hybridized carbons (Fsp3) is 0.125. The number of nitrogens with two attached hydrogens (primary N) is 1. The van der Waals surface area contributed by atoms with Gasteiger partial charge in [-0.25, -0.2) is 0 Å². The smallest absolute Gasteiger partial charge is 0.0541 e. The molecule has 2 unspecified atom stereocenters. The quantitative estimate of drug-likeness (QED) is 0.284. The predicted octanol–water partition coefficient (Wildman–Crippen LogP) is 6.39. The Bertz CT molecular complexity index is 1210. The van der Waals surface area contributed by atoms with Crippen LogP contribution in [0.15, 0.2) is 145 Å². The van der Waals surface area contributed by atoms with Crippen LogP contribution in [0, 0.1) is 5.92 Å². The van der Waals surface area contributed by atoms with Crippen molar-refractivity contribution in [2.24, 2.45) is 11.7 Å². The Balaban J connectivity index is 1.64. The molecule has 0 aromatic heterocycles. The lowest BCUT2D eigenvalue weighted by Gasteiger charge is -2.44. The summed E-state index contributed by atoms with van der Waals surface area (Å²) in [5, 5.41) is 6.44. The first kappa shape index (κ1) is 23.9. The van der Waals surface area contributed by atoms with Crippen molar-refractivity contribution in [3.63, 3.8) is 0 Å². The zero-order valence-electron chi connectivity index (χ0n) is 20.0. The van der Waals surface area contributed by atoms with Gasteiger partial charge in [-0.05, 0) is 48.8 Å². The summed E-state index contributed by atoms with van der Waals surface area (Å²) in [6.45, 7) is 2.26. The van der Waals surface area contributed by atoms with Gasteiger partial charge in [0.25, 0.3) is 0 Å². The molecule has 0 bridgehead atoms. The lowest BCUT2D eigenvalue weighted by molar-refractivity contribution is 0.503. The molecule has 1 aliphatic carbocycles. The standard InChI is InChI=1S/C32H31NP2/c1-2-32(33,35(28-20-11-5-12-21-28)29-22-13-6-14-23-29)30-24-15-25-31(30)34(26-16-7-3-8-17-26)27-18-9-4-10-19-27/h3-25,30H,2,33H2,1H3. The summed E-state index contributed by atoms with van der Waals surface area (Å²) in [6.07, 6.45) is 7.84. The fourth-order valence-electron chi connectivity index (χ4n) is 5.01. The molecule has 3 heteroatoms. The highest BCUT2D eigenvalue weighted by atomic mass is 31.1. The summed E-state index contributed by atoms with van der Waals surface area (Å²) >= 11 is 0. The molecule has 174 valence electrons. The van der Waals surface area contributed by atoms with E-state index >= 15 is 0 Å². The van der Waals surface area contributed by atoms with E-state index in [0.29, 0.717) is 0 Å². The molecule has 4 aromatic rings. The number of hydrogen-bond acceptors (Lipinski definition) is 1. The van der Waals surface area contributed by atoms with Crippen molar-refractivity contribution < 1.29 is 0 Å². The number of allylic oxidation sites excluding steroid dienone is 2. The summed E-state index contributed by atoms with van der Waals surface area (Å²) in [4.78, 5) is 0. The Labute approximate surface area is 211 Å². The van der Waals surface area contributed by atoms with E-state index in [4.69, 9.17) is 5.73 Å². The van der Waals surface area contributed by atoms with Gasteiger partial charge in [-0.15, -0.1) is 0 Å². The molecule has 0 fully saturated rings. The third kappa shape index (κ3) is 4.82. The fourth-order valence-corrected chi connectivity index (χ4v) is 10.8. The summed E-state index contributed by atoms with van der Waals surface area (Å²) in [7, 11) is -1.50. The SMILES string of the molecule is CCC(N)(C1C=CC=C1P(c1ccccc1)c1ccccc1)P(c1ccccc1)c1ccccc1. The lowest BCUT2D eigenvalue weighted by Crippen LogP contribution is -2.49. The van der Waals surface area contributed by atoms with Crippen LogP contribution in [0.25, 0.3) is 0 Å².